The number of hydrogen-bond acceptors (Lipinski definition) is 9. The summed E-state index contributed by atoms with van der Waals surface area (Å²) in [6.45, 7) is 1.93. The number of rotatable bonds is 8. The molecule has 2 aromatic heterocycles. The van der Waals surface area contributed by atoms with E-state index in [9.17, 15) is 19.1 Å². The Morgan fingerprint density at radius 1 is 1.32 bits per heavy atom. The van der Waals surface area contributed by atoms with Gasteiger partial charge < -0.3 is 20.5 Å². The molecule has 166 valence electrons. The van der Waals surface area contributed by atoms with Crippen molar-refractivity contribution in [3.05, 3.63) is 29.8 Å². The monoisotopic (exact) mass is 433 g/mol. The SMILES string of the molecule is CC(F)(F)COc1ncncc1CNc1ncc(C#N)c(NC2CCC(C)(O)CC2)n1. The maximum Gasteiger partial charge on any atom is 0.278 e. The van der Waals surface area contributed by atoms with E-state index in [0.717, 1.165) is 19.8 Å². The summed E-state index contributed by atoms with van der Waals surface area (Å²) in [6, 6.07) is 2.16. The summed E-state index contributed by atoms with van der Waals surface area (Å²) in [4.78, 5) is 16.3. The number of alkyl halides is 2. The minimum absolute atomic E-state index is 0.0466. The Bertz CT molecular complexity index is 934. The molecule has 0 bridgehead atoms. The van der Waals surface area contributed by atoms with Crippen LogP contribution < -0.4 is 15.4 Å². The lowest BCUT2D eigenvalue weighted by molar-refractivity contribution is -0.0245. The molecule has 0 amide bonds. The van der Waals surface area contributed by atoms with Gasteiger partial charge in [-0.1, -0.05) is 0 Å². The third-order valence-corrected chi connectivity index (χ3v) is 4.96. The van der Waals surface area contributed by atoms with E-state index in [4.69, 9.17) is 4.74 Å². The Morgan fingerprint density at radius 2 is 2.06 bits per heavy atom. The van der Waals surface area contributed by atoms with Gasteiger partial charge in [-0.05, 0) is 32.6 Å². The van der Waals surface area contributed by atoms with Crippen LogP contribution in [0.25, 0.3) is 0 Å². The lowest BCUT2D eigenvalue weighted by atomic mass is 9.83. The highest BCUT2D eigenvalue weighted by molar-refractivity contribution is 5.54. The van der Waals surface area contributed by atoms with Crippen molar-refractivity contribution in [1.82, 2.24) is 19.9 Å². The van der Waals surface area contributed by atoms with Gasteiger partial charge in [-0.15, -0.1) is 0 Å². The van der Waals surface area contributed by atoms with Crippen molar-refractivity contribution in [3.63, 3.8) is 0 Å². The number of hydrogen-bond donors (Lipinski definition) is 3. The van der Waals surface area contributed by atoms with Gasteiger partial charge in [-0.3, -0.25) is 0 Å². The van der Waals surface area contributed by atoms with Gasteiger partial charge in [-0.2, -0.15) is 10.2 Å². The van der Waals surface area contributed by atoms with Gasteiger partial charge in [0.15, 0.2) is 6.61 Å². The second kappa shape index (κ2) is 9.34. The Hall–Kier alpha value is -3.13. The van der Waals surface area contributed by atoms with Crippen molar-refractivity contribution in [2.45, 2.75) is 63.6 Å². The van der Waals surface area contributed by atoms with Crippen LogP contribution in [0.1, 0.15) is 50.7 Å². The first kappa shape index (κ1) is 22.6. The van der Waals surface area contributed by atoms with Crippen LogP contribution in [-0.4, -0.2) is 49.2 Å². The Labute approximate surface area is 178 Å². The molecule has 0 aromatic carbocycles. The van der Waals surface area contributed by atoms with Crippen molar-refractivity contribution in [3.8, 4) is 11.9 Å². The molecule has 1 saturated carbocycles. The van der Waals surface area contributed by atoms with Crippen LogP contribution >= 0.6 is 0 Å². The topological polar surface area (TPSA) is 129 Å². The number of aromatic nitrogens is 4. The molecule has 0 unspecified atom stereocenters. The number of ether oxygens (including phenoxy) is 1. The highest BCUT2D eigenvalue weighted by Crippen LogP contribution is 2.30. The molecular formula is C20H25F2N7O2. The zero-order chi connectivity index (χ0) is 22.5. The van der Waals surface area contributed by atoms with E-state index in [1.165, 1.54) is 18.7 Å². The molecule has 0 aliphatic heterocycles. The summed E-state index contributed by atoms with van der Waals surface area (Å²) >= 11 is 0. The summed E-state index contributed by atoms with van der Waals surface area (Å²) in [5, 5.41) is 25.7. The molecule has 1 fully saturated rings. The van der Waals surface area contributed by atoms with E-state index in [1.807, 2.05) is 6.92 Å². The van der Waals surface area contributed by atoms with Crippen LogP contribution in [0.3, 0.4) is 0 Å². The van der Waals surface area contributed by atoms with E-state index >= 15 is 0 Å². The molecule has 1 aliphatic rings. The largest absolute Gasteiger partial charge is 0.471 e. The predicted molar refractivity (Wildman–Crippen MR) is 109 cm³/mol. The number of nitrogens with one attached hydrogen (secondary N) is 2. The minimum atomic E-state index is -2.99. The zero-order valence-electron chi connectivity index (χ0n) is 17.4. The molecule has 2 heterocycles. The third kappa shape index (κ3) is 6.68. The van der Waals surface area contributed by atoms with Crippen LogP contribution in [0.15, 0.2) is 18.7 Å². The summed E-state index contributed by atoms with van der Waals surface area (Å²) < 4.78 is 31.3. The fourth-order valence-corrected chi connectivity index (χ4v) is 3.20. The number of aliphatic hydroxyl groups is 1. The molecule has 3 N–H and O–H groups in total. The van der Waals surface area contributed by atoms with Gasteiger partial charge in [0.1, 0.15) is 23.8 Å². The number of nitriles is 1. The number of halogens is 2. The Morgan fingerprint density at radius 3 is 2.74 bits per heavy atom. The maximum absolute atomic E-state index is 13.1. The second-order valence-electron chi connectivity index (χ2n) is 8.05. The molecule has 0 atom stereocenters. The van der Waals surface area contributed by atoms with Crippen LogP contribution in [0, 0.1) is 11.3 Å². The zero-order valence-corrected chi connectivity index (χ0v) is 17.4. The predicted octanol–water partition coefficient (Wildman–Crippen LogP) is 2.89. The first-order chi connectivity index (χ1) is 14.6. The van der Waals surface area contributed by atoms with Gasteiger partial charge in [0.05, 0.1) is 17.4 Å². The second-order valence-corrected chi connectivity index (χ2v) is 8.05. The van der Waals surface area contributed by atoms with Crippen molar-refractivity contribution >= 4 is 11.8 Å². The normalized spacial score (nSPS) is 21.2. The van der Waals surface area contributed by atoms with E-state index < -0.39 is 18.1 Å². The van der Waals surface area contributed by atoms with Gasteiger partial charge in [-0.25, -0.2) is 23.7 Å². The number of nitrogens with zero attached hydrogens (tertiary/aromatic N) is 5. The van der Waals surface area contributed by atoms with Crippen LogP contribution in [0.2, 0.25) is 0 Å². The molecule has 0 spiro atoms. The van der Waals surface area contributed by atoms with Gasteiger partial charge >= 0.3 is 0 Å². The van der Waals surface area contributed by atoms with E-state index in [2.05, 4.69) is 36.6 Å². The highest BCUT2D eigenvalue weighted by atomic mass is 19.3. The van der Waals surface area contributed by atoms with Crippen LogP contribution in [-0.2, 0) is 6.54 Å². The van der Waals surface area contributed by atoms with Crippen LogP contribution in [0.5, 0.6) is 5.88 Å². The Kier molecular flexibility index (Phi) is 6.80. The van der Waals surface area contributed by atoms with Crippen molar-refractivity contribution in [1.29, 1.82) is 5.26 Å². The van der Waals surface area contributed by atoms with E-state index in [0.29, 0.717) is 29.8 Å². The molecule has 9 nitrogen and oxygen atoms in total. The summed E-state index contributed by atoms with van der Waals surface area (Å²) in [6.07, 6.45) is 6.93. The molecule has 0 radical (unpaired) electrons. The van der Waals surface area contributed by atoms with E-state index in [-0.39, 0.29) is 24.4 Å². The van der Waals surface area contributed by atoms with Crippen molar-refractivity contribution in [2.75, 3.05) is 17.2 Å². The minimum Gasteiger partial charge on any atom is -0.471 e. The third-order valence-electron chi connectivity index (χ3n) is 4.96. The molecule has 11 heteroatoms. The highest BCUT2D eigenvalue weighted by Gasteiger charge is 2.29. The van der Waals surface area contributed by atoms with Gasteiger partial charge in [0.25, 0.3) is 5.92 Å². The summed E-state index contributed by atoms with van der Waals surface area (Å²) in [7, 11) is 0. The lowest BCUT2D eigenvalue weighted by Crippen LogP contribution is -2.36. The molecule has 1 aliphatic carbocycles. The molecule has 31 heavy (non-hydrogen) atoms. The molecule has 0 saturated heterocycles. The van der Waals surface area contributed by atoms with Gasteiger partial charge in [0, 0.05) is 25.7 Å². The Balaban J connectivity index is 1.67. The lowest BCUT2D eigenvalue weighted by Gasteiger charge is -2.33. The fraction of sp³-hybridized carbons (Fsp3) is 0.550. The number of anilines is 2. The molecule has 3 rings (SSSR count). The van der Waals surface area contributed by atoms with E-state index in [1.54, 1.807) is 0 Å². The first-order valence-electron chi connectivity index (χ1n) is 9.95. The summed E-state index contributed by atoms with van der Waals surface area (Å²) in [5.74, 6) is -2.29. The van der Waals surface area contributed by atoms with Gasteiger partial charge in [0.2, 0.25) is 11.8 Å². The molecular weight excluding hydrogens is 408 g/mol. The average Bonchev–Trinajstić information content (AvgIpc) is 2.72. The first-order valence-corrected chi connectivity index (χ1v) is 9.95. The quantitative estimate of drug-likeness (QED) is 0.575. The van der Waals surface area contributed by atoms with Crippen molar-refractivity contribution in [2.24, 2.45) is 0 Å². The smallest absolute Gasteiger partial charge is 0.278 e. The standard InChI is InChI=1S/C20H25F2N7O2/c1-19(30)5-3-15(4-6-19)28-16-13(7-23)9-25-18(29-16)26-10-14-8-24-12-27-17(14)31-11-20(2,21)22/h8-9,12,15,30H,3-6,10-11H2,1-2H3,(H2,25,26,28,29). The average molecular weight is 433 g/mol. The summed E-state index contributed by atoms with van der Waals surface area (Å²) in [5.41, 5.74) is 0.109. The fourth-order valence-electron chi connectivity index (χ4n) is 3.20. The molecule has 2 aromatic rings. The maximum atomic E-state index is 13.1. The van der Waals surface area contributed by atoms with Crippen LogP contribution in [0.4, 0.5) is 20.5 Å². The van der Waals surface area contributed by atoms with Crippen molar-refractivity contribution < 1.29 is 18.6 Å².